The van der Waals surface area contributed by atoms with Crippen LogP contribution in [0.1, 0.15) is 6.92 Å². The van der Waals surface area contributed by atoms with Gasteiger partial charge in [-0.3, -0.25) is 4.79 Å². The third-order valence-corrected chi connectivity index (χ3v) is 1.98. The van der Waals surface area contributed by atoms with Crippen LogP contribution in [0.5, 0.6) is 5.75 Å². The minimum Gasteiger partial charge on any atom is -0.420 e. The molecule has 0 aliphatic heterocycles. The summed E-state index contributed by atoms with van der Waals surface area (Å²) in [6, 6.07) is 4.11. The molecule has 0 spiro atoms. The number of hydrogen-bond acceptors (Lipinski definition) is 4. The first-order valence-electron chi connectivity index (χ1n) is 5.15. The van der Waals surface area contributed by atoms with Crippen LogP contribution in [-0.2, 0) is 9.59 Å². The van der Waals surface area contributed by atoms with Crippen LogP contribution in [-0.4, -0.2) is 24.1 Å². The third-order valence-electron chi connectivity index (χ3n) is 1.98. The highest BCUT2D eigenvalue weighted by Gasteiger charge is 2.41. The fraction of sp³-hybridized carbons (Fsp3) is 0.273. The molecule has 0 saturated carbocycles. The predicted octanol–water partition coefficient (Wildman–Crippen LogP) is 1.44. The van der Waals surface area contributed by atoms with E-state index in [1.807, 2.05) is 0 Å². The van der Waals surface area contributed by atoms with Crippen molar-refractivity contribution in [1.29, 1.82) is 0 Å². The topological polar surface area (TPSA) is 81.4 Å². The van der Waals surface area contributed by atoms with E-state index in [-0.39, 0.29) is 5.75 Å². The number of ether oxygens (including phenoxy) is 1. The maximum atomic E-state index is 11.9. The molecule has 0 bridgehead atoms. The fourth-order valence-electron chi connectivity index (χ4n) is 1.03. The zero-order valence-electron chi connectivity index (χ0n) is 9.82. The van der Waals surface area contributed by atoms with E-state index >= 15 is 0 Å². The average molecular weight is 276 g/mol. The Morgan fingerprint density at radius 3 is 2.21 bits per heavy atom. The van der Waals surface area contributed by atoms with E-state index in [0.29, 0.717) is 5.69 Å². The van der Waals surface area contributed by atoms with Gasteiger partial charge >= 0.3 is 12.1 Å². The summed E-state index contributed by atoms with van der Waals surface area (Å²) in [5.41, 5.74) is 5.65. The van der Waals surface area contributed by atoms with Gasteiger partial charge in [-0.25, -0.2) is 4.79 Å². The normalized spacial score (nSPS) is 12.7. The summed E-state index contributed by atoms with van der Waals surface area (Å²) in [5, 5.41) is 2.43. The van der Waals surface area contributed by atoms with Gasteiger partial charge in [0.2, 0.25) is 5.91 Å². The molecule has 0 aromatic heterocycles. The van der Waals surface area contributed by atoms with Crippen molar-refractivity contribution in [2.45, 2.75) is 19.1 Å². The molecule has 0 saturated heterocycles. The van der Waals surface area contributed by atoms with E-state index in [1.165, 1.54) is 19.1 Å². The minimum atomic E-state index is -5.05. The largest absolute Gasteiger partial charge is 0.491 e. The van der Waals surface area contributed by atoms with E-state index in [2.05, 4.69) is 10.1 Å². The van der Waals surface area contributed by atoms with Crippen molar-refractivity contribution in [2.75, 3.05) is 5.32 Å². The van der Waals surface area contributed by atoms with Gasteiger partial charge in [0.15, 0.2) is 0 Å². The van der Waals surface area contributed by atoms with Gasteiger partial charge in [0.1, 0.15) is 5.75 Å². The molecule has 1 aromatic rings. The molecule has 0 fully saturated rings. The standard InChI is InChI=1S/C11H11F3N2O3/c1-6(15)9(17)16-7-2-4-8(5-3-7)19-10(18)11(12,13)14/h2-6H,15H2,1H3,(H,16,17)/t6-/m0/s1. The Morgan fingerprint density at radius 2 is 1.79 bits per heavy atom. The second kappa shape index (κ2) is 5.70. The van der Waals surface area contributed by atoms with Crippen LogP contribution < -0.4 is 15.8 Å². The van der Waals surface area contributed by atoms with Crippen LogP contribution >= 0.6 is 0 Å². The van der Waals surface area contributed by atoms with Crippen molar-refractivity contribution in [2.24, 2.45) is 5.73 Å². The first-order chi connectivity index (χ1) is 8.70. The van der Waals surface area contributed by atoms with E-state index < -0.39 is 24.1 Å². The summed E-state index contributed by atoms with van der Waals surface area (Å²) in [4.78, 5) is 21.8. The highest BCUT2D eigenvalue weighted by molar-refractivity contribution is 5.94. The van der Waals surface area contributed by atoms with Crippen molar-refractivity contribution in [3.05, 3.63) is 24.3 Å². The molecule has 5 nitrogen and oxygen atoms in total. The Morgan fingerprint density at radius 1 is 1.26 bits per heavy atom. The second-order valence-corrected chi connectivity index (χ2v) is 3.69. The highest BCUT2D eigenvalue weighted by Crippen LogP contribution is 2.21. The highest BCUT2D eigenvalue weighted by atomic mass is 19.4. The summed E-state index contributed by atoms with van der Waals surface area (Å²) in [7, 11) is 0. The first-order valence-corrected chi connectivity index (χ1v) is 5.15. The van der Waals surface area contributed by atoms with Gasteiger partial charge in [-0.2, -0.15) is 13.2 Å². The van der Waals surface area contributed by atoms with E-state index in [9.17, 15) is 22.8 Å². The van der Waals surface area contributed by atoms with Crippen LogP contribution in [0.15, 0.2) is 24.3 Å². The molecule has 8 heteroatoms. The molecule has 19 heavy (non-hydrogen) atoms. The van der Waals surface area contributed by atoms with Crippen LogP contribution in [0, 0.1) is 0 Å². The molecule has 1 atom stereocenters. The first kappa shape index (κ1) is 15.0. The van der Waals surface area contributed by atoms with Crippen molar-refractivity contribution in [3.8, 4) is 5.75 Å². The lowest BCUT2D eigenvalue weighted by molar-refractivity contribution is -0.189. The third kappa shape index (κ3) is 4.59. The summed E-state index contributed by atoms with van der Waals surface area (Å²) in [6.07, 6.45) is -5.05. The Labute approximate surface area is 106 Å². The molecule has 0 aliphatic carbocycles. The predicted molar refractivity (Wildman–Crippen MR) is 60.4 cm³/mol. The lowest BCUT2D eigenvalue weighted by atomic mass is 10.2. The van der Waals surface area contributed by atoms with Gasteiger partial charge in [-0.1, -0.05) is 0 Å². The van der Waals surface area contributed by atoms with Gasteiger partial charge in [-0.15, -0.1) is 0 Å². The summed E-state index contributed by atoms with van der Waals surface area (Å²) in [5.74, 6) is -3.03. The molecule has 104 valence electrons. The Hall–Kier alpha value is -2.09. The Kier molecular flexibility index (Phi) is 4.49. The SMILES string of the molecule is C[C@H](N)C(=O)Nc1ccc(OC(=O)C(F)(F)F)cc1. The van der Waals surface area contributed by atoms with Gasteiger partial charge in [0, 0.05) is 5.69 Å². The molecule has 0 radical (unpaired) electrons. The number of amides is 1. The number of nitrogens with one attached hydrogen (secondary N) is 1. The molecule has 1 aromatic carbocycles. The number of nitrogens with two attached hydrogens (primary N) is 1. The number of carbonyl (C=O) groups excluding carboxylic acids is 2. The van der Waals surface area contributed by atoms with Crippen molar-refractivity contribution in [1.82, 2.24) is 0 Å². The number of esters is 1. The van der Waals surface area contributed by atoms with Gasteiger partial charge in [0.05, 0.1) is 6.04 Å². The van der Waals surface area contributed by atoms with Crippen LogP contribution in [0.2, 0.25) is 0 Å². The molecule has 1 amide bonds. The monoisotopic (exact) mass is 276 g/mol. The molecule has 0 unspecified atom stereocenters. The number of alkyl halides is 3. The van der Waals surface area contributed by atoms with E-state index in [1.54, 1.807) is 0 Å². The van der Waals surface area contributed by atoms with Crippen molar-refractivity contribution < 1.29 is 27.5 Å². The van der Waals surface area contributed by atoms with Crippen LogP contribution in [0.4, 0.5) is 18.9 Å². The van der Waals surface area contributed by atoms with E-state index in [4.69, 9.17) is 5.73 Å². The Bertz CT molecular complexity index is 469. The Balaban J connectivity index is 2.67. The minimum absolute atomic E-state index is 0.277. The lowest BCUT2D eigenvalue weighted by Crippen LogP contribution is -2.32. The molecule has 1 rings (SSSR count). The smallest absolute Gasteiger partial charge is 0.420 e. The number of benzene rings is 1. The molecule has 0 aliphatic rings. The van der Waals surface area contributed by atoms with Crippen molar-refractivity contribution in [3.63, 3.8) is 0 Å². The molecular weight excluding hydrogens is 265 g/mol. The summed E-state index contributed by atoms with van der Waals surface area (Å²) >= 11 is 0. The number of rotatable bonds is 3. The van der Waals surface area contributed by atoms with Gasteiger partial charge in [0.25, 0.3) is 0 Å². The number of hydrogen-bond donors (Lipinski definition) is 2. The fourth-order valence-corrected chi connectivity index (χ4v) is 1.03. The number of halogens is 3. The zero-order chi connectivity index (χ0) is 14.6. The summed E-state index contributed by atoms with van der Waals surface area (Å²) in [6.45, 7) is 1.48. The average Bonchev–Trinajstić information content (AvgIpc) is 2.30. The maximum Gasteiger partial charge on any atom is 0.491 e. The zero-order valence-corrected chi connectivity index (χ0v) is 9.82. The van der Waals surface area contributed by atoms with Crippen LogP contribution in [0.25, 0.3) is 0 Å². The number of anilines is 1. The van der Waals surface area contributed by atoms with Crippen molar-refractivity contribution >= 4 is 17.6 Å². The molecule has 3 N–H and O–H groups in total. The number of carbonyl (C=O) groups is 2. The summed E-state index contributed by atoms with van der Waals surface area (Å²) < 4.78 is 39.9. The molecule has 0 heterocycles. The quantitative estimate of drug-likeness (QED) is 0.646. The molecular formula is C11H11F3N2O3. The van der Waals surface area contributed by atoms with Crippen LogP contribution in [0.3, 0.4) is 0 Å². The van der Waals surface area contributed by atoms with Gasteiger partial charge in [-0.05, 0) is 31.2 Å². The van der Waals surface area contributed by atoms with Gasteiger partial charge < -0.3 is 15.8 Å². The lowest BCUT2D eigenvalue weighted by Gasteiger charge is -2.09. The second-order valence-electron chi connectivity index (χ2n) is 3.69. The maximum absolute atomic E-state index is 11.9. The van der Waals surface area contributed by atoms with E-state index in [0.717, 1.165) is 12.1 Å².